The molecule has 0 spiro atoms. The zero-order chi connectivity index (χ0) is 26.3. The molecule has 0 aliphatic rings. The van der Waals surface area contributed by atoms with Crippen molar-refractivity contribution in [3.05, 3.63) is 71.1 Å². The van der Waals surface area contributed by atoms with Gasteiger partial charge in [0.25, 0.3) is 8.32 Å². The van der Waals surface area contributed by atoms with E-state index in [2.05, 4.69) is 86.2 Å². The average molecular weight is 549 g/mol. The number of anilines is 1. The highest BCUT2D eigenvalue weighted by molar-refractivity contribution is 6.99. The van der Waals surface area contributed by atoms with E-state index in [0.29, 0.717) is 31.1 Å². The van der Waals surface area contributed by atoms with E-state index >= 15 is 0 Å². The molecule has 0 saturated carbocycles. The van der Waals surface area contributed by atoms with Crippen molar-refractivity contribution in [1.82, 2.24) is 9.97 Å². The second-order valence-electron chi connectivity index (χ2n) is 9.71. The molecular formula is C27H35Cl2N3O3Si. The highest BCUT2D eigenvalue weighted by Crippen LogP contribution is 2.38. The van der Waals surface area contributed by atoms with E-state index < -0.39 is 8.32 Å². The van der Waals surface area contributed by atoms with Gasteiger partial charge < -0.3 is 19.2 Å². The normalized spacial score (nSPS) is 12.9. The molecule has 9 heteroatoms. The predicted octanol–water partition coefficient (Wildman–Crippen LogP) is 4.95. The molecule has 0 bridgehead atoms. The lowest BCUT2D eigenvalue weighted by atomic mass is 10.2. The lowest BCUT2D eigenvalue weighted by Crippen LogP contribution is -2.66. The third-order valence-corrected chi connectivity index (χ3v) is 11.9. The van der Waals surface area contributed by atoms with E-state index in [9.17, 15) is 5.11 Å². The summed E-state index contributed by atoms with van der Waals surface area (Å²) in [6.45, 7) is 9.63. The maximum absolute atomic E-state index is 9.79. The minimum Gasteiger partial charge on any atom is -0.490 e. The molecule has 0 radical (unpaired) electrons. The van der Waals surface area contributed by atoms with Crippen molar-refractivity contribution in [1.29, 1.82) is 0 Å². The number of halogens is 2. The highest BCUT2D eigenvalue weighted by atomic mass is 35.5. The van der Waals surface area contributed by atoms with Gasteiger partial charge in [0.2, 0.25) is 5.28 Å². The number of aromatic nitrogens is 2. The van der Waals surface area contributed by atoms with Crippen LogP contribution >= 0.6 is 23.2 Å². The molecule has 1 N–H and O–H groups in total. The first-order valence-electron chi connectivity index (χ1n) is 12.0. The van der Waals surface area contributed by atoms with Crippen LogP contribution in [0.15, 0.2) is 60.7 Å². The molecule has 0 aliphatic heterocycles. The maximum Gasteiger partial charge on any atom is 0.261 e. The fourth-order valence-corrected chi connectivity index (χ4v) is 9.73. The van der Waals surface area contributed by atoms with Gasteiger partial charge in [-0.1, -0.05) is 93.0 Å². The van der Waals surface area contributed by atoms with Crippen LogP contribution in [0.3, 0.4) is 0 Å². The number of methoxy groups -OCH3 is 1. The largest absolute Gasteiger partial charge is 0.490 e. The topological polar surface area (TPSA) is 67.7 Å². The number of rotatable bonds is 11. The summed E-state index contributed by atoms with van der Waals surface area (Å²) in [4.78, 5) is 10.3. The van der Waals surface area contributed by atoms with Gasteiger partial charge in [0.15, 0.2) is 16.7 Å². The minimum absolute atomic E-state index is 0.0227. The molecule has 36 heavy (non-hydrogen) atoms. The van der Waals surface area contributed by atoms with E-state index in [4.69, 9.17) is 32.4 Å². The quantitative estimate of drug-likeness (QED) is 0.208. The van der Waals surface area contributed by atoms with Gasteiger partial charge in [0, 0.05) is 19.2 Å². The SMILES string of the molecule is COc1c(Cl)nc(Cl)nc1N(CCO)[C@H](C)CCO[Si](c1ccccc1)(c1ccccc1)C(C)(C)C. The first kappa shape index (κ1) is 28.4. The summed E-state index contributed by atoms with van der Waals surface area (Å²) in [5.74, 6) is 0.781. The molecule has 6 nitrogen and oxygen atoms in total. The van der Waals surface area contributed by atoms with E-state index in [1.807, 2.05) is 17.0 Å². The van der Waals surface area contributed by atoms with Gasteiger partial charge in [-0.05, 0) is 40.4 Å². The van der Waals surface area contributed by atoms with Crippen molar-refractivity contribution in [2.45, 2.75) is 45.2 Å². The Hall–Kier alpha value is -2.16. The molecule has 1 heterocycles. The third kappa shape index (κ3) is 6.03. The molecule has 3 aromatic rings. The number of benzene rings is 2. The summed E-state index contributed by atoms with van der Waals surface area (Å²) < 4.78 is 12.5. The van der Waals surface area contributed by atoms with Crippen molar-refractivity contribution < 1.29 is 14.3 Å². The van der Waals surface area contributed by atoms with Gasteiger partial charge in [-0.3, -0.25) is 0 Å². The van der Waals surface area contributed by atoms with Gasteiger partial charge in [-0.25, -0.2) is 4.98 Å². The number of nitrogens with zero attached hydrogens (tertiary/aromatic N) is 3. The average Bonchev–Trinajstić information content (AvgIpc) is 2.85. The van der Waals surface area contributed by atoms with Gasteiger partial charge in [0.05, 0.1) is 13.7 Å². The van der Waals surface area contributed by atoms with Crippen molar-refractivity contribution in [3.63, 3.8) is 0 Å². The molecule has 2 aromatic carbocycles. The summed E-state index contributed by atoms with van der Waals surface area (Å²) in [5.41, 5.74) is 0. The number of aliphatic hydroxyl groups excluding tert-OH is 1. The Balaban J connectivity index is 1.93. The van der Waals surface area contributed by atoms with Crippen LogP contribution in [0.25, 0.3) is 0 Å². The van der Waals surface area contributed by atoms with Gasteiger partial charge in [-0.15, -0.1) is 0 Å². The zero-order valence-electron chi connectivity index (χ0n) is 21.5. The monoisotopic (exact) mass is 547 g/mol. The van der Waals surface area contributed by atoms with Crippen LogP contribution in [0.1, 0.15) is 34.1 Å². The maximum atomic E-state index is 9.79. The Morgan fingerprint density at radius 2 is 1.53 bits per heavy atom. The minimum atomic E-state index is -2.64. The molecule has 3 rings (SSSR count). The fourth-order valence-electron chi connectivity index (χ4n) is 4.70. The molecule has 194 valence electrons. The molecule has 0 amide bonds. The lowest BCUT2D eigenvalue weighted by Gasteiger charge is -2.43. The van der Waals surface area contributed by atoms with Crippen LogP contribution < -0.4 is 20.0 Å². The Bertz CT molecular complexity index is 1070. The molecular weight excluding hydrogens is 513 g/mol. The Labute approximate surface area is 225 Å². The van der Waals surface area contributed by atoms with Crippen molar-refractivity contribution >= 4 is 47.7 Å². The second-order valence-corrected chi connectivity index (χ2v) is 14.7. The molecule has 0 aliphatic carbocycles. The fraction of sp³-hybridized carbons (Fsp3) is 0.407. The van der Waals surface area contributed by atoms with Crippen LogP contribution in [0, 0.1) is 0 Å². The second kappa shape index (κ2) is 12.4. The summed E-state index contributed by atoms with van der Waals surface area (Å²) >= 11 is 12.4. The number of aliphatic hydroxyl groups is 1. The standard InChI is InChI=1S/C27H35Cl2N3O3Si/c1-20(32(17-18-33)25-23(34-5)24(28)30-26(29)31-25)16-19-35-36(27(2,3)4,21-12-8-6-9-13-21)22-14-10-7-11-15-22/h6-15,20,33H,16-19H2,1-5H3/t20-/m1/s1. The van der Waals surface area contributed by atoms with Crippen LogP contribution in [0.4, 0.5) is 5.82 Å². The first-order valence-corrected chi connectivity index (χ1v) is 14.7. The first-order chi connectivity index (χ1) is 17.2. The Kier molecular flexibility index (Phi) is 9.77. The van der Waals surface area contributed by atoms with Gasteiger partial charge in [0.1, 0.15) is 0 Å². The van der Waals surface area contributed by atoms with Crippen molar-refractivity contribution in [2.75, 3.05) is 31.8 Å². The third-order valence-electron chi connectivity index (χ3n) is 6.40. The Morgan fingerprint density at radius 3 is 2.00 bits per heavy atom. The Morgan fingerprint density at radius 1 is 0.972 bits per heavy atom. The van der Waals surface area contributed by atoms with E-state index in [-0.39, 0.29) is 28.1 Å². The van der Waals surface area contributed by atoms with Crippen LogP contribution in [-0.2, 0) is 4.43 Å². The summed E-state index contributed by atoms with van der Waals surface area (Å²) in [6, 6.07) is 21.1. The summed E-state index contributed by atoms with van der Waals surface area (Å²) in [7, 11) is -1.14. The van der Waals surface area contributed by atoms with Gasteiger partial charge in [-0.2, -0.15) is 4.98 Å². The van der Waals surface area contributed by atoms with Crippen LogP contribution in [-0.4, -0.2) is 56.3 Å². The number of hydrogen-bond donors (Lipinski definition) is 1. The molecule has 0 unspecified atom stereocenters. The molecule has 1 aromatic heterocycles. The molecule has 0 fully saturated rings. The predicted molar refractivity (Wildman–Crippen MR) is 151 cm³/mol. The van der Waals surface area contributed by atoms with Gasteiger partial charge >= 0.3 is 0 Å². The van der Waals surface area contributed by atoms with Crippen LogP contribution in [0.2, 0.25) is 15.5 Å². The lowest BCUT2D eigenvalue weighted by molar-refractivity contribution is 0.269. The van der Waals surface area contributed by atoms with E-state index in [1.165, 1.54) is 17.5 Å². The molecule has 1 atom stereocenters. The molecule has 0 saturated heterocycles. The smallest absolute Gasteiger partial charge is 0.261 e. The summed E-state index contributed by atoms with van der Waals surface area (Å²) in [6.07, 6.45) is 0.687. The number of hydrogen-bond acceptors (Lipinski definition) is 6. The zero-order valence-corrected chi connectivity index (χ0v) is 24.1. The van der Waals surface area contributed by atoms with E-state index in [1.54, 1.807) is 0 Å². The number of ether oxygens (including phenoxy) is 1. The van der Waals surface area contributed by atoms with Crippen molar-refractivity contribution in [2.24, 2.45) is 0 Å². The van der Waals surface area contributed by atoms with Crippen LogP contribution in [0.5, 0.6) is 5.75 Å². The highest BCUT2D eigenvalue weighted by Gasteiger charge is 2.50. The van der Waals surface area contributed by atoms with E-state index in [0.717, 1.165) is 0 Å². The summed E-state index contributed by atoms with van der Waals surface area (Å²) in [5, 5.41) is 12.3. The van der Waals surface area contributed by atoms with Crippen molar-refractivity contribution in [3.8, 4) is 5.75 Å².